The van der Waals surface area contributed by atoms with Gasteiger partial charge in [0, 0.05) is 30.7 Å². The number of sulfonamides is 1. The Labute approximate surface area is 150 Å². The lowest BCUT2D eigenvalue weighted by Crippen LogP contribution is -2.47. The molecule has 0 unspecified atom stereocenters. The third-order valence-corrected chi connectivity index (χ3v) is 5.77. The van der Waals surface area contributed by atoms with Crippen molar-refractivity contribution >= 4 is 31.9 Å². The smallest absolute Gasteiger partial charge is 0.241 e. The molecule has 0 radical (unpaired) electrons. The molecule has 1 aliphatic heterocycles. The van der Waals surface area contributed by atoms with Crippen molar-refractivity contribution < 1.29 is 17.9 Å². The number of nitrogens with one attached hydrogen (secondary N) is 2. The van der Waals surface area contributed by atoms with E-state index in [1.54, 1.807) is 12.1 Å². The van der Waals surface area contributed by atoms with Gasteiger partial charge < -0.3 is 10.1 Å². The first kappa shape index (κ1) is 19.3. The average molecular weight is 420 g/mol. The normalized spacial score (nSPS) is 17.4. The van der Waals surface area contributed by atoms with Gasteiger partial charge in [-0.3, -0.25) is 9.69 Å². The Morgan fingerprint density at radius 1 is 1.29 bits per heavy atom. The summed E-state index contributed by atoms with van der Waals surface area (Å²) in [6, 6.07) is 5.40. The summed E-state index contributed by atoms with van der Waals surface area (Å²) in [5.41, 5.74) is 0. The van der Waals surface area contributed by atoms with Gasteiger partial charge in [0.05, 0.1) is 24.2 Å². The second-order valence-corrected chi connectivity index (χ2v) is 8.17. The highest BCUT2D eigenvalue weighted by Crippen LogP contribution is 2.14. The molecule has 0 saturated carbocycles. The number of morpholine rings is 1. The van der Waals surface area contributed by atoms with Crippen LogP contribution in [0, 0.1) is 0 Å². The number of hydrogen-bond acceptors (Lipinski definition) is 5. The molecule has 1 aromatic carbocycles. The van der Waals surface area contributed by atoms with Gasteiger partial charge in [-0.15, -0.1) is 0 Å². The summed E-state index contributed by atoms with van der Waals surface area (Å²) in [4.78, 5) is 14.4. The molecule has 0 bridgehead atoms. The van der Waals surface area contributed by atoms with Gasteiger partial charge in [-0.05, 0) is 31.2 Å². The molecule has 2 rings (SSSR count). The number of benzene rings is 1. The molecule has 1 aliphatic rings. The fraction of sp³-hybridized carbons (Fsp3) is 0.533. The van der Waals surface area contributed by atoms with Crippen molar-refractivity contribution in [1.29, 1.82) is 0 Å². The van der Waals surface area contributed by atoms with Crippen molar-refractivity contribution in [2.75, 3.05) is 39.4 Å². The molecule has 1 saturated heterocycles. The maximum absolute atomic E-state index is 12.3. The van der Waals surface area contributed by atoms with Gasteiger partial charge >= 0.3 is 0 Å². The molecule has 0 aliphatic carbocycles. The predicted octanol–water partition coefficient (Wildman–Crippen LogP) is 0.564. The minimum absolute atomic E-state index is 0.124. The highest BCUT2D eigenvalue weighted by molar-refractivity contribution is 9.10. The van der Waals surface area contributed by atoms with Gasteiger partial charge in [0.15, 0.2) is 0 Å². The van der Waals surface area contributed by atoms with E-state index in [9.17, 15) is 13.2 Å². The topological polar surface area (TPSA) is 87.7 Å². The van der Waals surface area contributed by atoms with Crippen LogP contribution in [0.3, 0.4) is 0 Å². The SMILES string of the molecule is C[C@H](NS(=O)(=O)c1ccc(Br)cc1)C(=O)NCCN1CCOCC1. The maximum Gasteiger partial charge on any atom is 0.241 e. The average Bonchev–Trinajstić information content (AvgIpc) is 2.55. The standard InChI is InChI=1S/C15H22BrN3O4S/c1-12(15(20)17-6-7-19-8-10-23-11-9-19)18-24(21,22)14-4-2-13(16)3-5-14/h2-5,12,18H,6-11H2,1H3,(H,17,20)/t12-/m0/s1. The Morgan fingerprint density at radius 2 is 1.92 bits per heavy atom. The monoisotopic (exact) mass is 419 g/mol. The van der Waals surface area contributed by atoms with Crippen LogP contribution in [-0.2, 0) is 19.6 Å². The molecule has 0 spiro atoms. The molecule has 1 heterocycles. The van der Waals surface area contributed by atoms with Crippen LogP contribution in [0.4, 0.5) is 0 Å². The first-order valence-electron chi connectivity index (χ1n) is 7.74. The highest BCUT2D eigenvalue weighted by Gasteiger charge is 2.22. The largest absolute Gasteiger partial charge is 0.379 e. The summed E-state index contributed by atoms with van der Waals surface area (Å²) >= 11 is 3.26. The first-order chi connectivity index (χ1) is 11.4. The molecule has 1 amide bonds. The Hall–Kier alpha value is -1.00. The van der Waals surface area contributed by atoms with Crippen LogP contribution in [0.15, 0.2) is 33.6 Å². The zero-order valence-corrected chi connectivity index (χ0v) is 15.9. The summed E-state index contributed by atoms with van der Waals surface area (Å²) in [6.45, 7) is 5.84. The lowest BCUT2D eigenvalue weighted by molar-refractivity contribution is -0.122. The number of carbonyl (C=O) groups is 1. The van der Waals surface area contributed by atoms with Gasteiger partial charge in [0.25, 0.3) is 0 Å². The van der Waals surface area contributed by atoms with Crippen molar-refractivity contribution in [3.8, 4) is 0 Å². The Balaban J connectivity index is 1.80. The molecule has 2 N–H and O–H groups in total. The summed E-state index contributed by atoms with van der Waals surface area (Å²) in [5, 5.41) is 2.76. The van der Waals surface area contributed by atoms with E-state index < -0.39 is 16.1 Å². The third kappa shape index (κ3) is 5.82. The van der Waals surface area contributed by atoms with Crippen molar-refractivity contribution in [3.05, 3.63) is 28.7 Å². The zero-order valence-electron chi connectivity index (χ0n) is 13.5. The Kier molecular flexibility index (Phi) is 7.17. The molecule has 0 aromatic heterocycles. The van der Waals surface area contributed by atoms with Crippen LogP contribution >= 0.6 is 15.9 Å². The molecule has 24 heavy (non-hydrogen) atoms. The molecular weight excluding hydrogens is 398 g/mol. The van der Waals surface area contributed by atoms with Gasteiger partial charge in [-0.25, -0.2) is 8.42 Å². The zero-order chi connectivity index (χ0) is 17.6. The van der Waals surface area contributed by atoms with E-state index >= 15 is 0 Å². The summed E-state index contributed by atoms with van der Waals surface area (Å²) in [7, 11) is -3.73. The maximum atomic E-state index is 12.3. The van der Waals surface area contributed by atoms with Crippen molar-refractivity contribution in [1.82, 2.24) is 14.9 Å². The molecule has 9 heteroatoms. The van der Waals surface area contributed by atoms with E-state index in [0.717, 1.165) is 24.1 Å². The van der Waals surface area contributed by atoms with E-state index in [-0.39, 0.29) is 10.8 Å². The number of halogens is 1. The van der Waals surface area contributed by atoms with Gasteiger partial charge in [0.1, 0.15) is 0 Å². The molecular formula is C15H22BrN3O4S. The molecule has 134 valence electrons. The third-order valence-electron chi connectivity index (χ3n) is 3.68. The fourth-order valence-corrected chi connectivity index (χ4v) is 3.75. The van der Waals surface area contributed by atoms with Crippen molar-refractivity contribution in [2.24, 2.45) is 0 Å². The lowest BCUT2D eigenvalue weighted by atomic mass is 10.3. The van der Waals surface area contributed by atoms with Gasteiger partial charge in [-0.1, -0.05) is 15.9 Å². The number of rotatable bonds is 7. The van der Waals surface area contributed by atoms with Crippen LogP contribution < -0.4 is 10.0 Å². The molecule has 7 nitrogen and oxygen atoms in total. The van der Waals surface area contributed by atoms with E-state index in [4.69, 9.17) is 4.74 Å². The number of ether oxygens (including phenoxy) is 1. The quantitative estimate of drug-likeness (QED) is 0.674. The predicted molar refractivity (Wildman–Crippen MR) is 94.2 cm³/mol. The molecule has 1 fully saturated rings. The molecule has 1 aromatic rings. The van der Waals surface area contributed by atoms with E-state index in [2.05, 4.69) is 30.9 Å². The summed E-state index contributed by atoms with van der Waals surface area (Å²) in [6.07, 6.45) is 0. The van der Waals surface area contributed by atoms with Crippen LogP contribution in [0.2, 0.25) is 0 Å². The van der Waals surface area contributed by atoms with E-state index in [0.29, 0.717) is 19.8 Å². The minimum Gasteiger partial charge on any atom is -0.379 e. The summed E-state index contributed by atoms with van der Waals surface area (Å²) in [5.74, 6) is -0.344. The van der Waals surface area contributed by atoms with Crippen molar-refractivity contribution in [3.63, 3.8) is 0 Å². The van der Waals surface area contributed by atoms with Crippen LogP contribution in [0.5, 0.6) is 0 Å². The molecule has 1 atom stereocenters. The van der Waals surface area contributed by atoms with Crippen LogP contribution in [-0.4, -0.2) is 64.7 Å². The summed E-state index contributed by atoms with van der Waals surface area (Å²) < 4.78 is 32.9. The van der Waals surface area contributed by atoms with Crippen LogP contribution in [0.1, 0.15) is 6.92 Å². The highest BCUT2D eigenvalue weighted by atomic mass is 79.9. The van der Waals surface area contributed by atoms with E-state index in [1.807, 2.05) is 0 Å². The van der Waals surface area contributed by atoms with Gasteiger partial charge in [-0.2, -0.15) is 4.72 Å². The number of hydrogen-bond donors (Lipinski definition) is 2. The minimum atomic E-state index is -3.73. The lowest BCUT2D eigenvalue weighted by Gasteiger charge is -2.26. The van der Waals surface area contributed by atoms with E-state index in [1.165, 1.54) is 19.1 Å². The Morgan fingerprint density at radius 3 is 2.54 bits per heavy atom. The number of amides is 1. The first-order valence-corrected chi connectivity index (χ1v) is 10.0. The second-order valence-electron chi connectivity index (χ2n) is 5.54. The van der Waals surface area contributed by atoms with Gasteiger partial charge in [0.2, 0.25) is 15.9 Å². The fourth-order valence-electron chi connectivity index (χ4n) is 2.28. The van der Waals surface area contributed by atoms with Crippen LogP contribution in [0.25, 0.3) is 0 Å². The Bertz CT molecular complexity index is 645. The number of carbonyl (C=O) groups excluding carboxylic acids is 1. The number of nitrogens with zero attached hydrogens (tertiary/aromatic N) is 1. The van der Waals surface area contributed by atoms with Crippen molar-refractivity contribution in [2.45, 2.75) is 17.9 Å². The second kappa shape index (κ2) is 8.91.